The molecule has 3 rings (SSSR count). The fraction of sp³-hybridized carbons (Fsp3) is 1.00. The Kier molecular flexibility index (Phi) is 1.47. The molecule has 3 saturated carbocycles. The Balaban J connectivity index is 1.87. The van der Waals surface area contributed by atoms with Gasteiger partial charge in [0, 0.05) is 0 Å². The number of hydrogen-bond donors (Lipinski definition) is 1. The summed E-state index contributed by atoms with van der Waals surface area (Å²) in [5, 5.41) is 9.84. The molecule has 0 aromatic rings. The van der Waals surface area contributed by atoms with Gasteiger partial charge in [0.05, 0.1) is 6.10 Å². The number of aliphatic hydroxyl groups is 1. The molecular weight excluding hydrogens is 160 g/mol. The van der Waals surface area contributed by atoms with Gasteiger partial charge >= 0.3 is 0 Å². The highest BCUT2D eigenvalue weighted by molar-refractivity contribution is 5.06. The van der Waals surface area contributed by atoms with Crippen molar-refractivity contribution < 1.29 is 5.11 Å². The van der Waals surface area contributed by atoms with Gasteiger partial charge in [0.1, 0.15) is 0 Å². The molecule has 0 aromatic carbocycles. The molecule has 0 amide bonds. The monoisotopic (exact) mass is 180 g/mol. The summed E-state index contributed by atoms with van der Waals surface area (Å²) in [5.74, 6) is 3.41. The first-order valence-electron chi connectivity index (χ1n) is 5.75. The highest BCUT2D eigenvalue weighted by Gasteiger charge is 2.57. The van der Waals surface area contributed by atoms with Gasteiger partial charge < -0.3 is 5.11 Å². The van der Waals surface area contributed by atoms with Crippen LogP contribution >= 0.6 is 0 Å². The lowest BCUT2D eigenvalue weighted by Gasteiger charge is -2.28. The second-order valence-electron chi connectivity index (χ2n) is 6.36. The van der Waals surface area contributed by atoms with E-state index in [0.29, 0.717) is 11.3 Å². The minimum absolute atomic E-state index is 0.0557. The van der Waals surface area contributed by atoms with E-state index in [4.69, 9.17) is 0 Å². The van der Waals surface area contributed by atoms with E-state index >= 15 is 0 Å². The SMILES string of the molecule is CC1(C)C[C@@H]2[C@H]3C[C@H](C[C@@H]3O)[C@@H]2C1. The van der Waals surface area contributed by atoms with Crippen LogP contribution in [0.3, 0.4) is 0 Å². The molecule has 2 bridgehead atoms. The first kappa shape index (κ1) is 8.28. The second-order valence-corrected chi connectivity index (χ2v) is 6.36. The van der Waals surface area contributed by atoms with Crippen molar-refractivity contribution in [2.24, 2.45) is 29.1 Å². The molecule has 3 fully saturated rings. The molecular formula is C12H20O. The van der Waals surface area contributed by atoms with E-state index in [1.807, 2.05) is 0 Å². The van der Waals surface area contributed by atoms with Crippen LogP contribution in [0.5, 0.6) is 0 Å². The van der Waals surface area contributed by atoms with Crippen molar-refractivity contribution in [2.45, 2.75) is 45.6 Å². The molecule has 0 aliphatic heterocycles. The van der Waals surface area contributed by atoms with Gasteiger partial charge in [-0.1, -0.05) is 13.8 Å². The average molecular weight is 180 g/mol. The zero-order valence-electron chi connectivity index (χ0n) is 8.66. The summed E-state index contributed by atoms with van der Waals surface area (Å²) in [7, 11) is 0. The Hall–Kier alpha value is -0.0400. The topological polar surface area (TPSA) is 20.2 Å². The number of hydrogen-bond acceptors (Lipinski definition) is 1. The van der Waals surface area contributed by atoms with Crippen molar-refractivity contribution >= 4 is 0 Å². The highest BCUT2D eigenvalue weighted by atomic mass is 16.3. The third-order valence-electron chi connectivity index (χ3n) is 4.90. The Bertz CT molecular complexity index is 233. The van der Waals surface area contributed by atoms with Crippen LogP contribution in [0.15, 0.2) is 0 Å². The van der Waals surface area contributed by atoms with Gasteiger partial charge in [0.25, 0.3) is 0 Å². The third-order valence-corrected chi connectivity index (χ3v) is 4.90. The number of fused-ring (bicyclic) bond motifs is 5. The predicted octanol–water partition coefficient (Wildman–Crippen LogP) is 2.44. The van der Waals surface area contributed by atoms with Crippen LogP contribution in [0.4, 0.5) is 0 Å². The minimum Gasteiger partial charge on any atom is -0.393 e. The van der Waals surface area contributed by atoms with E-state index in [1.54, 1.807) is 0 Å². The lowest BCUT2D eigenvalue weighted by atomic mass is 9.80. The first-order valence-corrected chi connectivity index (χ1v) is 5.75. The van der Waals surface area contributed by atoms with Crippen LogP contribution in [0.2, 0.25) is 0 Å². The van der Waals surface area contributed by atoms with Crippen molar-refractivity contribution in [3.63, 3.8) is 0 Å². The van der Waals surface area contributed by atoms with Crippen LogP contribution in [0, 0.1) is 29.1 Å². The smallest absolute Gasteiger partial charge is 0.0574 e. The molecule has 1 N–H and O–H groups in total. The normalized spacial score (nSPS) is 57.0. The van der Waals surface area contributed by atoms with E-state index in [2.05, 4.69) is 13.8 Å². The molecule has 0 aromatic heterocycles. The van der Waals surface area contributed by atoms with E-state index in [9.17, 15) is 5.11 Å². The zero-order valence-corrected chi connectivity index (χ0v) is 8.66. The molecule has 3 aliphatic rings. The summed E-state index contributed by atoms with van der Waals surface area (Å²) in [4.78, 5) is 0. The largest absolute Gasteiger partial charge is 0.393 e. The van der Waals surface area contributed by atoms with Crippen LogP contribution in [-0.2, 0) is 0 Å². The highest BCUT2D eigenvalue weighted by Crippen LogP contribution is 2.62. The van der Waals surface area contributed by atoms with Crippen LogP contribution in [-0.4, -0.2) is 11.2 Å². The van der Waals surface area contributed by atoms with Crippen LogP contribution < -0.4 is 0 Å². The molecule has 0 radical (unpaired) electrons. The maximum atomic E-state index is 9.84. The summed E-state index contributed by atoms with van der Waals surface area (Å²) in [6.07, 6.45) is 5.30. The maximum Gasteiger partial charge on any atom is 0.0574 e. The van der Waals surface area contributed by atoms with Crippen molar-refractivity contribution in [1.82, 2.24) is 0 Å². The lowest BCUT2D eigenvalue weighted by molar-refractivity contribution is 0.0637. The summed E-state index contributed by atoms with van der Waals surface area (Å²) in [6, 6.07) is 0. The number of aliphatic hydroxyl groups excluding tert-OH is 1. The third kappa shape index (κ3) is 1.03. The molecule has 0 spiro atoms. The average Bonchev–Trinajstić information content (AvgIpc) is 2.56. The van der Waals surface area contributed by atoms with Gasteiger partial charge in [-0.15, -0.1) is 0 Å². The fourth-order valence-corrected chi connectivity index (χ4v) is 4.54. The molecule has 13 heavy (non-hydrogen) atoms. The summed E-state index contributed by atoms with van der Waals surface area (Å²) < 4.78 is 0. The molecule has 3 aliphatic carbocycles. The van der Waals surface area contributed by atoms with E-state index in [1.165, 1.54) is 19.3 Å². The number of rotatable bonds is 0. The maximum absolute atomic E-state index is 9.84. The van der Waals surface area contributed by atoms with Gasteiger partial charge in [0.2, 0.25) is 0 Å². The lowest BCUT2D eigenvalue weighted by Crippen LogP contribution is -2.27. The van der Waals surface area contributed by atoms with Crippen molar-refractivity contribution in [2.75, 3.05) is 0 Å². The zero-order chi connectivity index (χ0) is 9.22. The van der Waals surface area contributed by atoms with Crippen molar-refractivity contribution in [1.29, 1.82) is 0 Å². The van der Waals surface area contributed by atoms with Gasteiger partial charge in [-0.25, -0.2) is 0 Å². The van der Waals surface area contributed by atoms with E-state index in [0.717, 1.165) is 24.2 Å². The second kappa shape index (κ2) is 2.31. The van der Waals surface area contributed by atoms with Gasteiger partial charge in [-0.2, -0.15) is 0 Å². The summed E-state index contributed by atoms with van der Waals surface area (Å²) in [6.45, 7) is 4.80. The Morgan fingerprint density at radius 1 is 1.00 bits per heavy atom. The van der Waals surface area contributed by atoms with E-state index in [-0.39, 0.29) is 6.10 Å². The molecule has 74 valence electrons. The van der Waals surface area contributed by atoms with Crippen molar-refractivity contribution in [3.8, 4) is 0 Å². The van der Waals surface area contributed by atoms with Crippen molar-refractivity contribution in [3.05, 3.63) is 0 Å². The van der Waals surface area contributed by atoms with E-state index < -0.39 is 0 Å². The summed E-state index contributed by atoms with van der Waals surface area (Å²) in [5.41, 5.74) is 0.566. The van der Waals surface area contributed by atoms with Gasteiger partial charge in [-0.05, 0) is 54.8 Å². The van der Waals surface area contributed by atoms with Gasteiger partial charge in [0.15, 0.2) is 0 Å². The Labute approximate surface area is 80.5 Å². The summed E-state index contributed by atoms with van der Waals surface area (Å²) >= 11 is 0. The quantitative estimate of drug-likeness (QED) is 0.607. The van der Waals surface area contributed by atoms with Crippen LogP contribution in [0.1, 0.15) is 39.5 Å². The Morgan fingerprint density at radius 2 is 1.69 bits per heavy atom. The Morgan fingerprint density at radius 3 is 2.46 bits per heavy atom. The van der Waals surface area contributed by atoms with Crippen LogP contribution in [0.25, 0.3) is 0 Å². The molecule has 0 saturated heterocycles. The first-order chi connectivity index (χ1) is 6.07. The molecule has 0 unspecified atom stereocenters. The standard InChI is InChI=1S/C12H20O/c1-12(2)5-9-7-3-8(10(9)6-12)11(13)4-7/h7-11,13H,3-6H2,1-2H3/t7-,8-,9+,10-,11+/m1/s1. The molecule has 1 heteroatoms. The van der Waals surface area contributed by atoms with Gasteiger partial charge in [-0.3, -0.25) is 0 Å². The molecule has 5 atom stereocenters. The molecule has 1 nitrogen and oxygen atoms in total. The minimum atomic E-state index is 0.0557. The molecule has 0 heterocycles. The fourth-order valence-electron chi connectivity index (χ4n) is 4.54. The predicted molar refractivity (Wildman–Crippen MR) is 52.2 cm³/mol.